The largest absolute Gasteiger partial charge is 0.466 e. The molecule has 53 heavy (non-hydrogen) atoms. The van der Waals surface area contributed by atoms with Crippen LogP contribution < -0.4 is 5.32 Å². The lowest BCUT2D eigenvalue weighted by molar-refractivity contribution is -0.143. The monoisotopic (exact) mass is 746 g/mol. The number of nitrogens with one attached hydrogen (secondary N) is 1. The number of rotatable bonds is 41. The van der Waals surface area contributed by atoms with E-state index < -0.39 is 12.1 Å². The molecule has 2 unspecified atom stereocenters. The lowest BCUT2D eigenvalue weighted by atomic mass is 10.0. The van der Waals surface area contributed by atoms with Crippen molar-refractivity contribution in [2.24, 2.45) is 0 Å². The fourth-order valence-electron chi connectivity index (χ4n) is 6.57. The summed E-state index contributed by atoms with van der Waals surface area (Å²) >= 11 is 0. The topological polar surface area (TPSA) is 95.9 Å². The second-order valence-corrected chi connectivity index (χ2v) is 15.4. The molecule has 0 bridgehead atoms. The molecule has 6 heteroatoms. The van der Waals surface area contributed by atoms with E-state index in [4.69, 9.17) is 4.74 Å². The van der Waals surface area contributed by atoms with Crippen LogP contribution in [0, 0.1) is 0 Å². The van der Waals surface area contributed by atoms with Crippen molar-refractivity contribution < 1.29 is 24.5 Å². The van der Waals surface area contributed by atoms with Crippen LogP contribution >= 0.6 is 0 Å². The van der Waals surface area contributed by atoms with Gasteiger partial charge in [-0.1, -0.05) is 172 Å². The van der Waals surface area contributed by atoms with Crippen LogP contribution in [0.5, 0.6) is 0 Å². The number of aliphatic hydroxyl groups excluding tert-OH is 2. The molecule has 0 aromatic rings. The standard InChI is InChI=1S/C47H87NO5/c1-3-5-7-9-11-13-15-17-19-21-25-29-33-37-41-47(52)53-42-38-34-30-26-22-24-28-32-36-40-46(51)48-44(43-49)45(50)39-35-31-27-23-20-18-16-14-12-10-8-6-4-2/h15,17,24,28,35,39,44-45,49-50H,3-14,16,18-23,25-27,29-34,36-38,40-43H2,1-2H3,(H,48,51)/b17-15-,28-24-,39-35+. The third-order valence-corrected chi connectivity index (χ3v) is 10.1. The zero-order valence-electron chi connectivity index (χ0n) is 35.0. The summed E-state index contributed by atoms with van der Waals surface area (Å²) in [6.45, 7) is 4.77. The van der Waals surface area contributed by atoms with Gasteiger partial charge in [0.25, 0.3) is 0 Å². The number of hydrogen-bond donors (Lipinski definition) is 3. The van der Waals surface area contributed by atoms with Gasteiger partial charge in [0.15, 0.2) is 0 Å². The molecule has 2 atom stereocenters. The van der Waals surface area contributed by atoms with E-state index in [1.165, 1.54) is 128 Å². The van der Waals surface area contributed by atoms with Gasteiger partial charge in [-0.25, -0.2) is 0 Å². The van der Waals surface area contributed by atoms with Gasteiger partial charge in [0.1, 0.15) is 0 Å². The molecule has 0 aromatic heterocycles. The molecule has 0 radical (unpaired) electrons. The molecule has 310 valence electrons. The number of esters is 1. The number of unbranched alkanes of at least 4 members (excludes halogenated alkanes) is 26. The van der Waals surface area contributed by atoms with Crippen LogP contribution in [0.25, 0.3) is 0 Å². The molecule has 0 fully saturated rings. The van der Waals surface area contributed by atoms with Crippen molar-refractivity contribution in [3.05, 3.63) is 36.5 Å². The molecule has 0 aliphatic rings. The molecule has 0 spiro atoms. The third kappa shape index (κ3) is 39.6. The quantitative estimate of drug-likeness (QED) is 0.0329. The minimum Gasteiger partial charge on any atom is -0.466 e. The predicted octanol–water partition coefficient (Wildman–Crippen LogP) is 12.9. The molecule has 0 aliphatic carbocycles. The fourth-order valence-corrected chi connectivity index (χ4v) is 6.57. The van der Waals surface area contributed by atoms with Gasteiger partial charge >= 0.3 is 5.97 Å². The minimum absolute atomic E-state index is 0.0478. The molecule has 1 amide bonds. The van der Waals surface area contributed by atoms with Crippen LogP contribution in [0.1, 0.15) is 226 Å². The van der Waals surface area contributed by atoms with Gasteiger partial charge in [-0.05, 0) is 77.0 Å². The summed E-state index contributed by atoms with van der Waals surface area (Å²) in [6.07, 6.45) is 49.9. The average molecular weight is 746 g/mol. The van der Waals surface area contributed by atoms with Crippen LogP contribution in [0.15, 0.2) is 36.5 Å². The molecular formula is C47H87NO5. The Morgan fingerprint density at radius 3 is 1.38 bits per heavy atom. The second-order valence-electron chi connectivity index (χ2n) is 15.4. The summed E-state index contributed by atoms with van der Waals surface area (Å²) in [5.74, 6) is -0.179. The Morgan fingerprint density at radius 2 is 0.906 bits per heavy atom. The first-order valence-electron chi connectivity index (χ1n) is 22.8. The number of ether oxygens (including phenoxy) is 1. The van der Waals surface area contributed by atoms with Gasteiger partial charge in [0, 0.05) is 12.8 Å². The molecule has 0 saturated carbocycles. The van der Waals surface area contributed by atoms with E-state index >= 15 is 0 Å². The van der Waals surface area contributed by atoms with Crippen LogP contribution in [0.2, 0.25) is 0 Å². The van der Waals surface area contributed by atoms with Crippen LogP contribution in [0.3, 0.4) is 0 Å². The van der Waals surface area contributed by atoms with Crippen molar-refractivity contribution in [1.82, 2.24) is 5.32 Å². The average Bonchev–Trinajstić information content (AvgIpc) is 3.16. The first kappa shape index (κ1) is 51.1. The van der Waals surface area contributed by atoms with Gasteiger partial charge in [0.2, 0.25) is 5.91 Å². The number of allylic oxidation sites excluding steroid dienone is 5. The van der Waals surface area contributed by atoms with E-state index in [0.717, 1.165) is 70.6 Å². The van der Waals surface area contributed by atoms with Crippen LogP contribution in [0.4, 0.5) is 0 Å². The van der Waals surface area contributed by atoms with Crippen molar-refractivity contribution in [2.45, 2.75) is 238 Å². The maximum absolute atomic E-state index is 12.4. The molecule has 0 aromatic carbocycles. The molecule has 0 heterocycles. The number of aliphatic hydroxyl groups is 2. The zero-order valence-corrected chi connectivity index (χ0v) is 35.0. The molecule has 0 rings (SSSR count). The summed E-state index contributed by atoms with van der Waals surface area (Å²) in [5.41, 5.74) is 0. The molecule has 0 saturated heterocycles. The molecule has 3 N–H and O–H groups in total. The second kappa shape index (κ2) is 42.8. The smallest absolute Gasteiger partial charge is 0.305 e. The van der Waals surface area contributed by atoms with E-state index in [0.29, 0.717) is 19.4 Å². The Balaban J connectivity index is 3.61. The maximum atomic E-state index is 12.4. The maximum Gasteiger partial charge on any atom is 0.305 e. The van der Waals surface area contributed by atoms with Gasteiger partial charge < -0.3 is 20.3 Å². The van der Waals surface area contributed by atoms with Crippen LogP contribution in [-0.2, 0) is 14.3 Å². The SMILES string of the molecule is CCCCCCC/C=C\CCCCCCCC(=O)OCCCCCC/C=C\CCCC(=O)NC(CO)C(O)/C=C/CCCCCCCCCCCCC. The van der Waals surface area contributed by atoms with Crippen LogP contribution in [-0.4, -0.2) is 47.4 Å². The highest BCUT2D eigenvalue weighted by Gasteiger charge is 2.17. The Kier molecular flexibility index (Phi) is 41.3. The zero-order chi connectivity index (χ0) is 38.7. The first-order valence-corrected chi connectivity index (χ1v) is 22.8. The Hall–Kier alpha value is -1.92. The van der Waals surface area contributed by atoms with E-state index in [-0.39, 0.29) is 18.5 Å². The van der Waals surface area contributed by atoms with Crippen molar-refractivity contribution in [1.29, 1.82) is 0 Å². The number of carbonyl (C=O) groups excluding carboxylic acids is 2. The van der Waals surface area contributed by atoms with E-state index in [1.54, 1.807) is 6.08 Å². The van der Waals surface area contributed by atoms with E-state index in [9.17, 15) is 19.8 Å². The minimum atomic E-state index is -0.874. The van der Waals surface area contributed by atoms with E-state index in [1.807, 2.05) is 6.08 Å². The van der Waals surface area contributed by atoms with E-state index in [2.05, 4.69) is 43.5 Å². The third-order valence-electron chi connectivity index (χ3n) is 10.1. The number of hydrogen-bond acceptors (Lipinski definition) is 5. The normalized spacial score (nSPS) is 13.1. The van der Waals surface area contributed by atoms with Gasteiger partial charge in [-0.2, -0.15) is 0 Å². The summed E-state index contributed by atoms with van der Waals surface area (Å²) in [6, 6.07) is -0.665. The predicted molar refractivity (Wildman–Crippen MR) is 227 cm³/mol. The van der Waals surface area contributed by atoms with Crippen molar-refractivity contribution in [3.8, 4) is 0 Å². The number of carbonyl (C=O) groups is 2. The van der Waals surface area contributed by atoms with Crippen molar-refractivity contribution in [2.75, 3.05) is 13.2 Å². The first-order chi connectivity index (χ1) is 26.0. The Morgan fingerprint density at radius 1 is 0.509 bits per heavy atom. The lowest BCUT2D eigenvalue weighted by Gasteiger charge is -2.19. The lowest BCUT2D eigenvalue weighted by Crippen LogP contribution is -2.45. The number of amides is 1. The Labute approximate surface area is 328 Å². The highest BCUT2D eigenvalue weighted by atomic mass is 16.5. The van der Waals surface area contributed by atoms with Gasteiger partial charge in [-0.3, -0.25) is 9.59 Å². The summed E-state index contributed by atoms with van der Waals surface area (Å²) < 4.78 is 5.42. The summed E-state index contributed by atoms with van der Waals surface area (Å²) in [4.78, 5) is 24.3. The molecule has 6 nitrogen and oxygen atoms in total. The van der Waals surface area contributed by atoms with Gasteiger partial charge in [-0.15, -0.1) is 0 Å². The summed E-state index contributed by atoms with van der Waals surface area (Å²) in [5, 5.41) is 22.9. The van der Waals surface area contributed by atoms with Crippen molar-refractivity contribution in [3.63, 3.8) is 0 Å². The molecular weight excluding hydrogens is 659 g/mol. The van der Waals surface area contributed by atoms with Crippen molar-refractivity contribution >= 4 is 11.9 Å². The molecule has 0 aliphatic heterocycles. The Bertz CT molecular complexity index is 869. The van der Waals surface area contributed by atoms with Gasteiger partial charge in [0.05, 0.1) is 25.4 Å². The highest BCUT2D eigenvalue weighted by molar-refractivity contribution is 5.76. The summed E-state index contributed by atoms with van der Waals surface area (Å²) in [7, 11) is 0. The highest BCUT2D eigenvalue weighted by Crippen LogP contribution is 2.13. The fraction of sp³-hybridized carbons (Fsp3) is 0.830.